The maximum atomic E-state index is 11.8. The molecule has 26 atom stereocenters. The second-order valence-corrected chi connectivity index (χ2v) is 20.9. The summed E-state index contributed by atoms with van der Waals surface area (Å²) in [6.45, 7) is 13.3. The van der Waals surface area contributed by atoms with Crippen LogP contribution >= 0.6 is 0 Å². The van der Waals surface area contributed by atoms with E-state index in [0.717, 1.165) is 24.8 Å². The maximum absolute atomic E-state index is 11.8. The van der Waals surface area contributed by atoms with Crippen LogP contribution in [0.3, 0.4) is 0 Å². The molecule has 4 aliphatic carbocycles. The number of hydrogen-bond donors (Lipinski definition) is 11. The molecule has 3 heterocycles. The summed E-state index contributed by atoms with van der Waals surface area (Å²) in [5, 5.41) is 118. The molecule has 26 unspecified atom stereocenters. The van der Waals surface area contributed by atoms with Gasteiger partial charge in [-0.3, -0.25) is 0 Å². The van der Waals surface area contributed by atoms with Gasteiger partial charge in [-0.15, -0.1) is 0 Å². The lowest BCUT2D eigenvalue weighted by atomic mass is 9.46. The summed E-state index contributed by atoms with van der Waals surface area (Å²) in [6.07, 6.45) is -15.5. The van der Waals surface area contributed by atoms with Crippen molar-refractivity contribution in [2.24, 2.45) is 46.3 Å². The van der Waals surface area contributed by atoms with E-state index in [1.807, 2.05) is 0 Å². The summed E-state index contributed by atoms with van der Waals surface area (Å²) in [6, 6.07) is 0. The van der Waals surface area contributed by atoms with Crippen molar-refractivity contribution in [1.82, 2.24) is 0 Å². The molecule has 3 aliphatic heterocycles. The quantitative estimate of drug-likeness (QED) is 0.114. The summed E-state index contributed by atoms with van der Waals surface area (Å²) in [5.74, 6) is 0.0927. The third-order valence-corrected chi connectivity index (χ3v) is 16.8. The van der Waals surface area contributed by atoms with Gasteiger partial charge in [-0.2, -0.15) is 0 Å². The molecular weight excluding hydrogens is 812 g/mol. The molecule has 0 bridgehead atoms. The SMILES string of the molecule is CC(C)CCC(O)C(C)C1C(OC2OC(CO)C(O)C(O)C2O)CC2C3CC=C4CC(OC5OC(C)C(O)C(O)C5O)CC(OC5OC(C)C(O)C(O)C5O)C4(C)C3CCC21C. The Balaban J connectivity index is 1.21. The van der Waals surface area contributed by atoms with Gasteiger partial charge in [-0.1, -0.05) is 46.3 Å². The third kappa shape index (κ3) is 8.72. The predicted molar refractivity (Wildman–Crippen MR) is 218 cm³/mol. The van der Waals surface area contributed by atoms with Gasteiger partial charge in [0, 0.05) is 11.8 Å². The molecule has 358 valence electrons. The van der Waals surface area contributed by atoms with Crippen molar-refractivity contribution < 1.29 is 84.6 Å². The highest BCUT2D eigenvalue weighted by Gasteiger charge is 2.65. The molecule has 0 spiro atoms. The first-order valence-corrected chi connectivity index (χ1v) is 23.2. The topological polar surface area (TPSA) is 278 Å². The summed E-state index contributed by atoms with van der Waals surface area (Å²) >= 11 is 0. The molecule has 7 aliphatic rings. The van der Waals surface area contributed by atoms with Crippen molar-refractivity contribution in [2.45, 2.75) is 216 Å². The number of allylic oxidation sites excluding steroid dienone is 1. The van der Waals surface area contributed by atoms with Crippen LogP contribution in [0, 0.1) is 46.3 Å². The Labute approximate surface area is 364 Å². The van der Waals surface area contributed by atoms with E-state index in [1.54, 1.807) is 13.8 Å². The average molecular weight is 889 g/mol. The lowest BCUT2D eigenvalue weighted by molar-refractivity contribution is -0.329. The second-order valence-electron chi connectivity index (χ2n) is 20.9. The monoisotopic (exact) mass is 889 g/mol. The van der Waals surface area contributed by atoms with Gasteiger partial charge >= 0.3 is 0 Å². The minimum absolute atomic E-state index is 0.0153. The van der Waals surface area contributed by atoms with Crippen LogP contribution in [0.2, 0.25) is 0 Å². The number of aliphatic hydroxyl groups is 11. The highest BCUT2D eigenvalue weighted by atomic mass is 16.7. The van der Waals surface area contributed by atoms with E-state index in [1.165, 1.54) is 0 Å². The molecule has 7 rings (SSSR count). The molecule has 17 nitrogen and oxygen atoms in total. The van der Waals surface area contributed by atoms with E-state index in [-0.39, 0.29) is 41.4 Å². The first kappa shape index (κ1) is 49.0. The number of ether oxygens (including phenoxy) is 6. The van der Waals surface area contributed by atoms with Crippen LogP contribution in [0.15, 0.2) is 11.6 Å². The lowest BCUT2D eigenvalue weighted by Crippen LogP contribution is -2.62. The van der Waals surface area contributed by atoms with Crippen LogP contribution in [0.5, 0.6) is 0 Å². The molecule has 62 heavy (non-hydrogen) atoms. The Bertz CT molecular complexity index is 1530. The van der Waals surface area contributed by atoms with Gasteiger partial charge in [0.1, 0.15) is 61.0 Å². The first-order valence-electron chi connectivity index (χ1n) is 23.2. The predicted octanol–water partition coefficient (Wildman–Crippen LogP) is -0.171. The Morgan fingerprint density at radius 1 is 0.694 bits per heavy atom. The fraction of sp³-hybridized carbons (Fsp3) is 0.956. The summed E-state index contributed by atoms with van der Waals surface area (Å²) in [4.78, 5) is 0. The molecule has 0 aromatic carbocycles. The third-order valence-electron chi connectivity index (χ3n) is 16.8. The van der Waals surface area contributed by atoms with Crippen molar-refractivity contribution in [3.05, 3.63) is 11.6 Å². The molecule has 3 saturated heterocycles. The van der Waals surface area contributed by atoms with Crippen LogP contribution < -0.4 is 0 Å². The number of fused-ring (bicyclic) bond motifs is 5. The van der Waals surface area contributed by atoms with E-state index in [0.29, 0.717) is 31.6 Å². The molecular formula is C45H76O17. The zero-order valence-corrected chi connectivity index (χ0v) is 37.2. The minimum atomic E-state index is -1.60. The van der Waals surface area contributed by atoms with Crippen molar-refractivity contribution in [1.29, 1.82) is 0 Å². The molecule has 0 radical (unpaired) electrons. The molecule has 6 fully saturated rings. The summed E-state index contributed by atoms with van der Waals surface area (Å²) < 4.78 is 37.6. The first-order chi connectivity index (χ1) is 29.1. The van der Waals surface area contributed by atoms with Crippen LogP contribution in [0.25, 0.3) is 0 Å². The van der Waals surface area contributed by atoms with Gasteiger partial charge in [0.05, 0.1) is 43.2 Å². The molecule has 0 aromatic heterocycles. The van der Waals surface area contributed by atoms with Gasteiger partial charge in [0.2, 0.25) is 0 Å². The standard InChI is InChI=1S/C45H76O17/c1-18(2)8-11-27(47)19(3)31-28(60-43-40(56)37(53)34(50)29(17-46)61-43)16-26-24-10-9-22-14-23(59-41-38(54)35(51)32(48)20(4)57-41)15-30(45(22,7)25(24)12-13-44(26,31)6)62-42-39(55)36(52)33(49)21(5)58-42/h9,18-21,23-43,46-56H,8,10-17H2,1-7H3. The van der Waals surface area contributed by atoms with Gasteiger partial charge in [0.25, 0.3) is 0 Å². The van der Waals surface area contributed by atoms with Gasteiger partial charge in [0.15, 0.2) is 18.9 Å². The van der Waals surface area contributed by atoms with Crippen molar-refractivity contribution in [3.63, 3.8) is 0 Å². The van der Waals surface area contributed by atoms with E-state index in [4.69, 9.17) is 28.4 Å². The largest absolute Gasteiger partial charge is 0.394 e. The van der Waals surface area contributed by atoms with E-state index < -0.39 is 129 Å². The van der Waals surface area contributed by atoms with Gasteiger partial charge < -0.3 is 84.6 Å². The van der Waals surface area contributed by atoms with Crippen LogP contribution in [0.4, 0.5) is 0 Å². The Morgan fingerprint density at radius 2 is 1.26 bits per heavy atom. The van der Waals surface area contributed by atoms with Gasteiger partial charge in [-0.25, -0.2) is 0 Å². The Morgan fingerprint density at radius 3 is 1.84 bits per heavy atom. The Kier molecular flexibility index (Phi) is 15.0. The highest BCUT2D eigenvalue weighted by molar-refractivity contribution is 5.28. The highest BCUT2D eigenvalue weighted by Crippen LogP contribution is 2.68. The second kappa shape index (κ2) is 19.0. The molecule has 3 saturated carbocycles. The summed E-state index contributed by atoms with van der Waals surface area (Å²) in [7, 11) is 0. The van der Waals surface area contributed by atoms with Gasteiger partial charge in [-0.05, 0) is 99.7 Å². The zero-order chi connectivity index (χ0) is 45.3. The van der Waals surface area contributed by atoms with Crippen molar-refractivity contribution in [3.8, 4) is 0 Å². The normalized spacial score (nSPS) is 53.0. The van der Waals surface area contributed by atoms with Crippen LogP contribution in [0.1, 0.15) is 99.8 Å². The average Bonchev–Trinajstić information content (AvgIpc) is 3.53. The van der Waals surface area contributed by atoms with Crippen molar-refractivity contribution >= 4 is 0 Å². The molecule has 0 aromatic rings. The van der Waals surface area contributed by atoms with E-state index in [2.05, 4.69) is 40.7 Å². The fourth-order valence-corrected chi connectivity index (χ4v) is 13.0. The molecule has 11 N–H and O–H groups in total. The molecule has 17 heteroatoms. The van der Waals surface area contributed by atoms with Crippen molar-refractivity contribution in [2.75, 3.05) is 6.61 Å². The minimum Gasteiger partial charge on any atom is -0.394 e. The van der Waals surface area contributed by atoms with E-state index >= 15 is 0 Å². The number of rotatable bonds is 12. The molecule has 0 amide bonds. The lowest BCUT2D eigenvalue weighted by Gasteiger charge is -2.61. The number of aliphatic hydroxyl groups excluding tert-OH is 11. The zero-order valence-electron chi connectivity index (χ0n) is 37.2. The van der Waals surface area contributed by atoms with Crippen LogP contribution in [-0.4, -0.2) is 179 Å². The van der Waals surface area contributed by atoms with Crippen LogP contribution in [-0.2, 0) is 28.4 Å². The smallest absolute Gasteiger partial charge is 0.186 e. The van der Waals surface area contributed by atoms with E-state index in [9.17, 15) is 56.2 Å². The maximum Gasteiger partial charge on any atom is 0.186 e. The number of hydrogen-bond acceptors (Lipinski definition) is 17. The summed E-state index contributed by atoms with van der Waals surface area (Å²) in [5.41, 5.74) is 0.0223. The fourth-order valence-electron chi connectivity index (χ4n) is 13.0. The Hall–Kier alpha value is -0.940.